The van der Waals surface area contributed by atoms with Crippen LogP contribution in [0, 0.1) is 17.0 Å². The Hall–Kier alpha value is -2.46. The average Bonchev–Trinajstić information content (AvgIpc) is 3.15. The molecule has 124 valence electrons. The van der Waals surface area contributed by atoms with Crippen molar-refractivity contribution in [2.24, 2.45) is 0 Å². The third-order valence-electron chi connectivity index (χ3n) is 3.29. The van der Waals surface area contributed by atoms with Gasteiger partial charge in [0.15, 0.2) is 5.82 Å². The molecule has 1 aromatic carbocycles. The summed E-state index contributed by atoms with van der Waals surface area (Å²) in [7, 11) is 0. The lowest BCUT2D eigenvalue weighted by Gasteiger charge is -2.06. The van der Waals surface area contributed by atoms with Crippen molar-refractivity contribution in [3.8, 4) is 5.69 Å². The highest BCUT2D eigenvalue weighted by atomic mass is 35.5. The number of aromatic nitrogens is 6. The molecular weight excluding hydrogens is 354 g/mol. The van der Waals surface area contributed by atoms with E-state index in [1.54, 1.807) is 22.2 Å². The standard InChI is InChI=1S/C13H12ClN7O2S/c1-9-15-8-12(21(22)23)19(9)6-7-24-13-16-17-18-20(13)11-5-3-2-4-10(11)14/h2-5,8H,6-7H2,1H3. The summed E-state index contributed by atoms with van der Waals surface area (Å²) in [5, 5.41) is 23.7. The van der Waals surface area contributed by atoms with Gasteiger partial charge in [-0.15, -0.1) is 5.10 Å². The summed E-state index contributed by atoms with van der Waals surface area (Å²) in [6.07, 6.45) is 1.26. The third-order valence-corrected chi connectivity index (χ3v) is 4.51. The number of nitrogens with zero attached hydrogens (tertiary/aromatic N) is 7. The fraction of sp³-hybridized carbons (Fsp3) is 0.231. The Morgan fingerprint density at radius 3 is 2.92 bits per heavy atom. The van der Waals surface area contributed by atoms with Crippen LogP contribution in [0.1, 0.15) is 5.82 Å². The molecule has 0 atom stereocenters. The van der Waals surface area contributed by atoms with E-state index >= 15 is 0 Å². The topological polar surface area (TPSA) is 105 Å². The summed E-state index contributed by atoms with van der Waals surface area (Å²) in [5.41, 5.74) is 0.677. The SMILES string of the molecule is Cc1ncc([N+](=O)[O-])n1CCSc1nnnn1-c1ccccc1Cl. The number of imidazole rings is 1. The second kappa shape index (κ2) is 6.97. The summed E-state index contributed by atoms with van der Waals surface area (Å²) >= 11 is 7.55. The molecule has 0 spiro atoms. The van der Waals surface area contributed by atoms with E-state index in [-0.39, 0.29) is 5.82 Å². The maximum absolute atomic E-state index is 11.0. The molecule has 0 saturated carbocycles. The van der Waals surface area contributed by atoms with E-state index in [4.69, 9.17) is 11.6 Å². The van der Waals surface area contributed by atoms with E-state index in [1.807, 2.05) is 18.2 Å². The summed E-state index contributed by atoms with van der Waals surface area (Å²) in [5.74, 6) is 1.11. The predicted molar refractivity (Wildman–Crippen MR) is 88.5 cm³/mol. The van der Waals surface area contributed by atoms with Gasteiger partial charge in [0.05, 0.1) is 10.7 Å². The van der Waals surface area contributed by atoms with Gasteiger partial charge in [0.25, 0.3) is 0 Å². The number of halogens is 1. The van der Waals surface area contributed by atoms with Gasteiger partial charge in [-0.25, -0.2) is 9.55 Å². The fourth-order valence-electron chi connectivity index (χ4n) is 2.15. The fourth-order valence-corrected chi connectivity index (χ4v) is 3.17. The van der Waals surface area contributed by atoms with E-state index in [2.05, 4.69) is 20.5 Å². The van der Waals surface area contributed by atoms with E-state index in [1.165, 1.54) is 18.0 Å². The number of benzene rings is 1. The highest BCUT2D eigenvalue weighted by Gasteiger charge is 2.18. The van der Waals surface area contributed by atoms with Gasteiger partial charge in [-0.1, -0.05) is 35.5 Å². The molecule has 2 aromatic heterocycles. The van der Waals surface area contributed by atoms with E-state index in [9.17, 15) is 10.1 Å². The van der Waals surface area contributed by atoms with Crippen LogP contribution in [-0.2, 0) is 6.54 Å². The van der Waals surface area contributed by atoms with Crippen molar-refractivity contribution < 1.29 is 4.92 Å². The Balaban J connectivity index is 1.74. The molecule has 24 heavy (non-hydrogen) atoms. The van der Waals surface area contributed by atoms with Crippen LogP contribution < -0.4 is 0 Å². The minimum atomic E-state index is -0.446. The Kier molecular flexibility index (Phi) is 4.76. The second-order valence-corrected chi connectivity index (χ2v) is 6.21. The maximum Gasteiger partial charge on any atom is 0.342 e. The van der Waals surface area contributed by atoms with Crippen LogP contribution in [0.2, 0.25) is 5.02 Å². The zero-order chi connectivity index (χ0) is 17.1. The van der Waals surface area contributed by atoms with E-state index in [0.717, 1.165) is 0 Å². The molecule has 3 aromatic rings. The van der Waals surface area contributed by atoms with Crippen LogP contribution in [0.3, 0.4) is 0 Å². The molecule has 0 saturated heterocycles. The Labute approximate surface area is 145 Å². The number of tetrazole rings is 1. The van der Waals surface area contributed by atoms with Crippen molar-refractivity contribution in [2.75, 3.05) is 5.75 Å². The van der Waals surface area contributed by atoms with Crippen LogP contribution in [0.25, 0.3) is 5.69 Å². The number of hydrogen-bond acceptors (Lipinski definition) is 7. The monoisotopic (exact) mass is 365 g/mol. The lowest BCUT2D eigenvalue weighted by atomic mass is 10.3. The third kappa shape index (κ3) is 3.24. The molecule has 0 unspecified atom stereocenters. The summed E-state index contributed by atoms with van der Waals surface area (Å²) in [6, 6.07) is 7.23. The maximum atomic E-state index is 11.0. The van der Waals surface area contributed by atoms with Crippen molar-refractivity contribution in [3.63, 3.8) is 0 Å². The smallest absolute Gasteiger partial charge is 0.342 e. The van der Waals surface area contributed by atoms with Gasteiger partial charge in [0.1, 0.15) is 12.7 Å². The van der Waals surface area contributed by atoms with E-state index in [0.29, 0.717) is 34.0 Å². The van der Waals surface area contributed by atoms with Crippen molar-refractivity contribution in [1.82, 2.24) is 29.8 Å². The molecule has 0 aliphatic heterocycles. The van der Waals surface area contributed by atoms with Gasteiger partial charge in [-0.2, -0.15) is 4.68 Å². The molecule has 0 amide bonds. The Bertz CT molecular complexity index is 879. The van der Waals surface area contributed by atoms with Crippen LogP contribution in [0.5, 0.6) is 0 Å². The molecule has 0 bridgehead atoms. The minimum Gasteiger partial charge on any atom is -0.358 e. The average molecular weight is 366 g/mol. The zero-order valence-electron chi connectivity index (χ0n) is 12.5. The number of aryl methyl sites for hydroxylation is 1. The summed E-state index contributed by atoms with van der Waals surface area (Å²) in [4.78, 5) is 14.5. The van der Waals surface area contributed by atoms with Crippen LogP contribution in [0.15, 0.2) is 35.6 Å². The number of para-hydroxylation sites is 1. The van der Waals surface area contributed by atoms with Gasteiger partial charge in [0.2, 0.25) is 5.16 Å². The van der Waals surface area contributed by atoms with Crippen LogP contribution in [0.4, 0.5) is 5.82 Å². The van der Waals surface area contributed by atoms with Gasteiger partial charge >= 0.3 is 5.82 Å². The lowest BCUT2D eigenvalue weighted by molar-refractivity contribution is -0.392. The van der Waals surface area contributed by atoms with Gasteiger partial charge < -0.3 is 10.1 Å². The summed E-state index contributed by atoms with van der Waals surface area (Å²) < 4.78 is 3.10. The molecule has 0 fully saturated rings. The Morgan fingerprint density at radius 2 is 2.17 bits per heavy atom. The van der Waals surface area contributed by atoms with Crippen LogP contribution in [-0.4, -0.2) is 40.4 Å². The van der Waals surface area contributed by atoms with Gasteiger partial charge in [0, 0.05) is 12.7 Å². The van der Waals surface area contributed by atoms with E-state index < -0.39 is 4.92 Å². The lowest BCUT2D eigenvalue weighted by Crippen LogP contribution is -2.07. The van der Waals surface area contributed by atoms with Gasteiger partial charge in [-0.05, 0) is 27.5 Å². The van der Waals surface area contributed by atoms with Crippen molar-refractivity contribution in [1.29, 1.82) is 0 Å². The largest absolute Gasteiger partial charge is 0.358 e. The molecule has 9 nitrogen and oxygen atoms in total. The normalized spacial score (nSPS) is 10.9. The number of rotatable bonds is 6. The first kappa shape index (κ1) is 16.4. The number of hydrogen-bond donors (Lipinski definition) is 0. The quantitative estimate of drug-likeness (QED) is 0.375. The first-order chi connectivity index (χ1) is 11.6. The summed E-state index contributed by atoms with van der Waals surface area (Å²) in [6.45, 7) is 2.15. The molecule has 0 aliphatic carbocycles. The Morgan fingerprint density at radius 1 is 1.38 bits per heavy atom. The molecule has 2 heterocycles. The first-order valence-corrected chi connectivity index (χ1v) is 8.27. The number of nitro groups is 1. The van der Waals surface area contributed by atoms with Crippen molar-refractivity contribution in [3.05, 3.63) is 51.4 Å². The highest BCUT2D eigenvalue weighted by Crippen LogP contribution is 2.24. The molecule has 0 aliphatic rings. The molecular formula is C13H12ClN7O2S. The molecule has 0 radical (unpaired) electrons. The van der Waals surface area contributed by atoms with Crippen LogP contribution >= 0.6 is 23.4 Å². The number of thioether (sulfide) groups is 1. The first-order valence-electron chi connectivity index (χ1n) is 6.90. The van der Waals surface area contributed by atoms with Crippen molar-refractivity contribution >= 4 is 29.2 Å². The van der Waals surface area contributed by atoms with Gasteiger partial charge in [-0.3, -0.25) is 0 Å². The zero-order valence-corrected chi connectivity index (χ0v) is 14.1. The molecule has 0 N–H and O–H groups in total. The highest BCUT2D eigenvalue weighted by molar-refractivity contribution is 7.99. The second-order valence-electron chi connectivity index (χ2n) is 4.75. The van der Waals surface area contributed by atoms with Crippen molar-refractivity contribution in [2.45, 2.75) is 18.6 Å². The molecule has 11 heteroatoms. The minimum absolute atomic E-state index is 0.0289. The molecule has 3 rings (SSSR count). The predicted octanol–water partition coefficient (Wildman–Crippen LogP) is 2.52.